The fraction of sp³-hybridized carbons (Fsp3) is 0.478. The number of nitrogens with one attached hydrogen (secondary N) is 1. The topological polar surface area (TPSA) is 12.0 Å². The monoisotopic (exact) mass is 321 g/mol. The lowest BCUT2D eigenvalue weighted by Crippen LogP contribution is -2.43. The third kappa shape index (κ3) is 3.57. The van der Waals surface area contributed by atoms with Gasteiger partial charge in [-0.25, -0.2) is 0 Å². The van der Waals surface area contributed by atoms with Gasteiger partial charge in [0.1, 0.15) is 0 Å². The van der Waals surface area contributed by atoms with E-state index in [9.17, 15) is 0 Å². The minimum absolute atomic E-state index is 0.0968. The molecule has 0 aromatic heterocycles. The van der Waals surface area contributed by atoms with E-state index in [0.717, 1.165) is 0 Å². The van der Waals surface area contributed by atoms with Crippen molar-refractivity contribution in [2.24, 2.45) is 0 Å². The number of aryl methyl sites for hydroxylation is 4. The number of hydrogen-bond donors (Lipinski definition) is 1. The third-order valence-electron chi connectivity index (χ3n) is 5.15. The molecule has 2 aromatic carbocycles. The molecule has 3 rings (SSSR count). The van der Waals surface area contributed by atoms with Crippen LogP contribution in [0, 0.1) is 20.8 Å². The Hall–Kier alpha value is -1.60. The second kappa shape index (κ2) is 6.37. The molecule has 0 radical (unpaired) electrons. The fourth-order valence-corrected chi connectivity index (χ4v) is 4.21. The molecule has 0 saturated carbocycles. The molecule has 0 bridgehead atoms. The van der Waals surface area contributed by atoms with Crippen LogP contribution in [0.1, 0.15) is 72.5 Å². The molecule has 0 spiro atoms. The molecular weight excluding hydrogens is 290 g/mol. The predicted molar refractivity (Wildman–Crippen MR) is 104 cm³/mol. The Kier molecular flexibility index (Phi) is 4.57. The largest absolute Gasteiger partial charge is 0.305 e. The Balaban J connectivity index is 2.08. The number of fused-ring (bicyclic) bond motifs is 1. The lowest BCUT2D eigenvalue weighted by Gasteiger charge is -2.40. The quantitative estimate of drug-likeness (QED) is 0.740. The summed E-state index contributed by atoms with van der Waals surface area (Å²) in [6, 6.07) is 14.3. The van der Waals surface area contributed by atoms with Crippen LogP contribution in [0.5, 0.6) is 0 Å². The zero-order chi connectivity index (χ0) is 17.5. The molecule has 1 N–H and O–H groups in total. The highest BCUT2D eigenvalue weighted by atomic mass is 15.0. The van der Waals surface area contributed by atoms with E-state index in [-0.39, 0.29) is 5.54 Å². The lowest BCUT2D eigenvalue weighted by molar-refractivity contribution is 0.306. The maximum absolute atomic E-state index is 3.94. The molecule has 2 atom stereocenters. The second-order valence-corrected chi connectivity index (χ2v) is 8.58. The van der Waals surface area contributed by atoms with Crippen molar-refractivity contribution in [2.75, 3.05) is 0 Å². The molecule has 0 saturated heterocycles. The van der Waals surface area contributed by atoms with Gasteiger partial charge in [-0.3, -0.25) is 0 Å². The van der Waals surface area contributed by atoms with Crippen LogP contribution in [0.4, 0.5) is 0 Å². The van der Waals surface area contributed by atoms with Crippen molar-refractivity contribution in [3.8, 4) is 0 Å². The van der Waals surface area contributed by atoms with Crippen LogP contribution < -0.4 is 5.32 Å². The normalized spacial score (nSPS) is 20.8. The first-order valence-electron chi connectivity index (χ1n) is 9.19. The van der Waals surface area contributed by atoms with Gasteiger partial charge in [0.15, 0.2) is 0 Å². The van der Waals surface area contributed by atoms with Gasteiger partial charge >= 0.3 is 0 Å². The molecule has 128 valence electrons. The summed E-state index contributed by atoms with van der Waals surface area (Å²) in [7, 11) is 0. The smallest absolute Gasteiger partial charge is 0.0399 e. The molecule has 1 aliphatic rings. The SMILES string of the molecule is Cc1ccc([C@H]2CCc3cc(C)cc(C)c3[C@@H]2NC(C)(C)C)cc1. The van der Waals surface area contributed by atoms with E-state index in [4.69, 9.17) is 0 Å². The highest BCUT2D eigenvalue weighted by Gasteiger charge is 2.34. The van der Waals surface area contributed by atoms with Crippen molar-refractivity contribution in [2.45, 2.75) is 71.9 Å². The van der Waals surface area contributed by atoms with Crippen LogP contribution in [0.2, 0.25) is 0 Å². The van der Waals surface area contributed by atoms with Crippen LogP contribution in [0.25, 0.3) is 0 Å². The highest BCUT2D eigenvalue weighted by molar-refractivity contribution is 5.45. The van der Waals surface area contributed by atoms with Gasteiger partial charge < -0.3 is 5.32 Å². The molecule has 2 aromatic rings. The first-order valence-corrected chi connectivity index (χ1v) is 9.19. The van der Waals surface area contributed by atoms with Gasteiger partial charge in [0.2, 0.25) is 0 Å². The lowest BCUT2D eigenvalue weighted by atomic mass is 9.73. The summed E-state index contributed by atoms with van der Waals surface area (Å²) in [4.78, 5) is 0. The Bertz CT molecular complexity index is 719. The zero-order valence-corrected chi connectivity index (χ0v) is 16.0. The zero-order valence-electron chi connectivity index (χ0n) is 16.0. The van der Waals surface area contributed by atoms with Crippen molar-refractivity contribution >= 4 is 0 Å². The van der Waals surface area contributed by atoms with E-state index in [1.807, 2.05) is 0 Å². The first-order chi connectivity index (χ1) is 11.2. The molecule has 1 aliphatic carbocycles. The fourth-order valence-electron chi connectivity index (χ4n) is 4.21. The summed E-state index contributed by atoms with van der Waals surface area (Å²) in [5, 5.41) is 3.94. The summed E-state index contributed by atoms with van der Waals surface area (Å²) in [5.41, 5.74) is 8.79. The van der Waals surface area contributed by atoms with Crippen molar-refractivity contribution < 1.29 is 0 Å². The highest BCUT2D eigenvalue weighted by Crippen LogP contribution is 2.43. The van der Waals surface area contributed by atoms with Crippen LogP contribution in [0.3, 0.4) is 0 Å². The maximum Gasteiger partial charge on any atom is 0.0399 e. The van der Waals surface area contributed by atoms with Crippen LogP contribution in [0.15, 0.2) is 36.4 Å². The molecule has 1 heteroatoms. The van der Waals surface area contributed by atoms with E-state index >= 15 is 0 Å². The van der Waals surface area contributed by atoms with E-state index in [0.29, 0.717) is 12.0 Å². The van der Waals surface area contributed by atoms with Crippen molar-refractivity contribution in [1.82, 2.24) is 5.32 Å². The van der Waals surface area contributed by atoms with Crippen molar-refractivity contribution in [3.05, 3.63) is 69.8 Å². The molecule has 24 heavy (non-hydrogen) atoms. The Morgan fingerprint density at radius 2 is 1.58 bits per heavy atom. The summed E-state index contributed by atoms with van der Waals surface area (Å²) < 4.78 is 0. The van der Waals surface area contributed by atoms with Gasteiger partial charge in [-0.1, -0.05) is 47.5 Å². The number of benzene rings is 2. The van der Waals surface area contributed by atoms with E-state index < -0.39 is 0 Å². The molecule has 0 amide bonds. The van der Waals surface area contributed by atoms with Crippen LogP contribution in [-0.2, 0) is 6.42 Å². The molecule has 0 heterocycles. The average Bonchev–Trinajstić information content (AvgIpc) is 2.46. The third-order valence-corrected chi connectivity index (χ3v) is 5.15. The molecule has 1 nitrogen and oxygen atoms in total. The Morgan fingerprint density at radius 3 is 2.21 bits per heavy atom. The maximum atomic E-state index is 3.94. The van der Waals surface area contributed by atoms with Gasteiger partial charge in [-0.2, -0.15) is 0 Å². The summed E-state index contributed by atoms with van der Waals surface area (Å²) in [6.07, 6.45) is 2.39. The van der Waals surface area contributed by atoms with Crippen LogP contribution >= 0.6 is 0 Å². The molecule has 0 unspecified atom stereocenters. The van der Waals surface area contributed by atoms with Gasteiger partial charge in [0.25, 0.3) is 0 Å². The summed E-state index contributed by atoms with van der Waals surface area (Å²) in [5.74, 6) is 0.540. The Morgan fingerprint density at radius 1 is 0.917 bits per heavy atom. The van der Waals surface area contributed by atoms with Gasteiger partial charge in [0, 0.05) is 17.5 Å². The Labute approximate surface area is 147 Å². The standard InChI is InChI=1S/C23H31N/c1-15-7-9-18(10-8-15)20-12-11-19-14-16(2)13-17(3)21(19)22(20)24-23(4,5)6/h7-10,13-14,20,22,24H,11-12H2,1-6H3/t20-,22-/m1/s1. The summed E-state index contributed by atoms with van der Waals surface area (Å²) >= 11 is 0. The van der Waals surface area contributed by atoms with Crippen molar-refractivity contribution in [1.29, 1.82) is 0 Å². The van der Waals surface area contributed by atoms with E-state index in [2.05, 4.69) is 83.3 Å². The second-order valence-electron chi connectivity index (χ2n) is 8.58. The first kappa shape index (κ1) is 17.2. The van der Waals surface area contributed by atoms with Gasteiger partial charge in [0.05, 0.1) is 0 Å². The minimum Gasteiger partial charge on any atom is -0.305 e. The summed E-state index contributed by atoms with van der Waals surface area (Å²) in [6.45, 7) is 13.5. The van der Waals surface area contributed by atoms with Crippen LogP contribution in [-0.4, -0.2) is 5.54 Å². The van der Waals surface area contributed by atoms with E-state index in [1.54, 1.807) is 0 Å². The van der Waals surface area contributed by atoms with Gasteiger partial charge in [-0.15, -0.1) is 0 Å². The average molecular weight is 322 g/mol. The number of hydrogen-bond acceptors (Lipinski definition) is 1. The minimum atomic E-state index is 0.0968. The number of rotatable bonds is 2. The van der Waals surface area contributed by atoms with Crippen molar-refractivity contribution in [3.63, 3.8) is 0 Å². The predicted octanol–water partition coefficient (Wildman–Crippen LogP) is 5.77. The molecule has 0 aliphatic heterocycles. The molecular formula is C23H31N. The van der Waals surface area contributed by atoms with E-state index in [1.165, 1.54) is 46.2 Å². The molecule has 0 fully saturated rings. The van der Waals surface area contributed by atoms with Gasteiger partial charge in [-0.05, 0) is 76.6 Å².